The SMILES string of the molecule is CN=C(NCC1CCN(C)C1)NCC(CC(C)C)N1CCOCC1. The Labute approximate surface area is 148 Å². The highest BCUT2D eigenvalue weighted by molar-refractivity contribution is 5.79. The van der Waals surface area contributed by atoms with Crippen LogP contribution in [-0.4, -0.2) is 88.4 Å². The Balaban J connectivity index is 1.77. The molecule has 2 rings (SSSR count). The number of hydrogen-bond acceptors (Lipinski definition) is 4. The number of nitrogens with zero attached hydrogens (tertiary/aromatic N) is 3. The molecule has 2 N–H and O–H groups in total. The Morgan fingerprint density at radius 1 is 1.21 bits per heavy atom. The van der Waals surface area contributed by atoms with E-state index in [1.165, 1.54) is 25.9 Å². The maximum absolute atomic E-state index is 5.50. The van der Waals surface area contributed by atoms with Crippen molar-refractivity contribution in [1.82, 2.24) is 20.4 Å². The van der Waals surface area contributed by atoms with Gasteiger partial charge in [-0.3, -0.25) is 9.89 Å². The Kier molecular flexibility index (Phi) is 8.29. The largest absolute Gasteiger partial charge is 0.379 e. The van der Waals surface area contributed by atoms with E-state index in [1.807, 2.05) is 7.05 Å². The summed E-state index contributed by atoms with van der Waals surface area (Å²) in [7, 11) is 4.06. The second kappa shape index (κ2) is 10.2. The first kappa shape index (κ1) is 19.5. The number of likely N-dealkylation sites (tertiary alicyclic amines) is 1. The van der Waals surface area contributed by atoms with Gasteiger partial charge in [-0.05, 0) is 38.3 Å². The average Bonchev–Trinajstić information content (AvgIpc) is 2.99. The monoisotopic (exact) mass is 339 g/mol. The number of ether oxygens (including phenoxy) is 1. The van der Waals surface area contributed by atoms with Crippen LogP contribution in [0.25, 0.3) is 0 Å². The highest BCUT2D eigenvalue weighted by Crippen LogP contribution is 2.14. The third-order valence-corrected chi connectivity index (χ3v) is 5.08. The molecule has 2 aliphatic heterocycles. The molecule has 0 aliphatic carbocycles. The Bertz CT molecular complexity index is 382. The topological polar surface area (TPSA) is 52.1 Å². The third kappa shape index (κ3) is 6.57. The van der Waals surface area contributed by atoms with Gasteiger partial charge < -0.3 is 20.3 Å². The average molecular weight is 340 g/mol. The van der Waals surface area contributed by atoms with Crippen LogP contribution in [0.4, 0.5) is 0 Å². The van der Waals surface area contributed by atoms with E-state index in [1.54, 1.807) is 0 Å². The molecule has 0 spiro atoms. The molecule has 2 aliphatic rings. The van der Waals surface area contributed by atoms with Gasteiger partial charge in [0.05, 0.1) is 13.2 Å². The fourth-order valence-electron chi connectivity index (χ4n) is 3.72. The fourth-order valence-corrected chi connectivity index (χ4v) is 3.72. The first-order valence-electron chi connectivity index (χ1n) is 9.53. The van der Waals surface area contributed by atoms with Crippen molar-refractivity contribution >= 4 is 5.96 Å². The molecule has 0 amide bonds. The van der Waals surface area contributed by atoms with Gasteiger partial charge >= 0.3 is 0 Å². The molecule has 2 fully saturated rings. The second-order valence-corrected chi connectivity index (χ2v) is 7.68. The molecule has 0 saturated carbocycles. The van der Waals surface area contributed by atoms with E-state index in [2.05, 4.69) is 46.3 Å². The molecule has 24 heavy (non-hydrogen) atoms. The summed E-state index contributed by atoms with van der Waals surface area (Å²) < 4.78 is 5.50. The molecule has 6 nitrogen and oxygen atoms in total. The lowest BCUT2D eigenvalue weighted by Gasteiger charge is -2.35. The first-order chi connectivity index (χ1) is 11.6. The number of hydrogen-bond donors (Lipinski definition) is 2. The number of rotatable bonds is 7. The maximum atomic E-state index is 5.50. The number of morpholine rings is 1. The van der Waals surface area contributed by atoms with Crippen LogP contribution in [0, 0.1) is 11.8 Å². The second-order valence-electron chi connectivity index (χ2n) is 7.68. The molecule has 6 heteroatoms. The van der Waals surface area contributed by atoms with Crippen molar-refractivity contribution < 1.29 is 4.74 Å². The zero-order valence-corrected chi connectivity index (χ0v) is 16.1. The molecule has 2 unspecified atom stereocenters. The number of aliphatic imine (C=N–C) groups is 1. The molecule has 0 aromatic carbocycles. The van der Waals surface area contributed by atoms with Crippen molar-refractivity contribution in [1.29, 1.82) is 0 Å². The van der Waals surface area contributed by atoms with Gasteiger partial charge in [-0.25, -0.2) is 0 Å². The van der Waals surface area contributed by atoms with E-state index in [4.69, 9.17) is 4.74 Å². The van der Waals surface area contributed by atoms with Gasteiger partial charge in [0.25, 0.3) is 0 Å². The predicted octanol–water partition coefficient (Wildman–Crippen LogP) is 0.850. The van der Waals surface area contributed by atoms with Crippen LogP contribution >= 0.6 is 0 Å². The summed E-state index contributed by atoms with van der Waals surface area (Å²) in [6.07, 6.45) is 2.49. The van der Waals surface area contributed by atoms with Gasteiger partial charge in [0, 0.05) is 45.8 Å². The van der Waals surface area contributed by atoms with Gasteiger partial charge in [-0.1, -0.05) is 13.8 Å². The summed E-state index contributed by atoms with van der Waals surface area (Å²) in [4.78, 5) is 9.37. The highest BCUT2D eigenvalue weighted by atomic mass is 16.5. The summed E-state index contributed by atoms with van der Waals surface area (Å²) in [5.41, 5.74) is 0. The van der Waals surface area contributed by atoms with Crippen molar-refractivity contribution in [3.63, 3.8) is 0 Å². The van der Waals surface area contributed by atoms with Crippen LogP contribution in [0.1, 0.15) is 26.7 Å². The van der Waals surface area contributed by atoms with Crippen molar-refractivity contribution in [3.05, 3.63) is 0 Å². The van der Waals surface area contributed by atoms with E-state index in [9.17, 15) is 0 Å². The van der Waals surface area contributed by atoms with Crippen LogP contribution in [0.15, 0.2) is 4.99 Å². The minimum atomic E-state index is 0.546. The van der Waals surface area contributed by atoms with Crippen LogP contribution in [0.5, 0.6) is 0 Å². The van der Waals surface area contributed by atoms with E-state index < -0.39 is 0 Å². The van der Waals surface area contributed by atoms with Crippen LogP contribution in [0.2, 0.25) is 0 Å². The Morgan fingerprint density at radius 3 is 2.54 bits per heavy atom. The highest BCUT2D eigenvalue weighted by Gasteiger charge is 2.23. The van der Waals surface area contributed by atoms with Crippen LogP contribution < -0.4 is 10.6 Å². The van der Waals surface area contributed by atoms with Gasteiger partial charge in [0.1, 0.15) is 0 Å². The summed E-state index contributed by atoms with van der Waals surface area (Å²) in [5.74, 6) is 2.37. The summed E-state index contributed by atoms with van der Waals surface area (Å²) in [5, 5.41) is 7.06. The van der Waals surface area contributed by atoms with Gasteiger partial charge in [0.15, 0.2) is 5.96 Å². The van der Waals surface area contributed by atoms with E-state index in [-0.39, 0.29) is 0 Å². The van der Waals surface area contributed by atoms with E-state index >= 15 is 0 Å². The molecule has 0 aromatic rings. The smallest absolute Gasteiger partial charge is 0.191 e. The molecule has 2 saturated heterocycles. The van der Waals surface area contributed by atoms with E-state index in [0.717, 1.165) is 51.3 Å². The molecule has 0 bridgehead atoms. The molecular formula is C18H37N5O. The zero-order valence-electron chi connectivity index (χ0n) is 16.1. The standard InChI is InChI=1S/C18H37N5O/c1-15(2)11-17(23-7-9-24-10-8-23)13-21-18(19-3)20-12-16-5-6-22(4)14-16/h15-17H,5-14H2,1-4H3,(H2,19,20,21). The zero-order chi connectivity index (χ0) is 17.4. The third-order valence-electron chi connectivity index (χ3n) is 5.08. The number of nitrogens with one attached hydrogen (secondary N) is 2. The fraction of sp³-hybridized carbons (Fsp3) is 0.944. The molecule has 0 aromatic heterocycles. The normalized spacial score (nSPS) is 25.2. The molecule has 2 heterocycles. The summed E-state index contributed by atoms with van der Waals surface area (Å²) in [6, 6.07) is 0.546. The molecule has 0 radical (unpaired) electrons. The lowest BCUT2D eigenvalue weighted by Crippen LogP contribution is -2.51. The van der Waals surface area contributed by atoms with Crippen molar-refractivity contribution in [2.75, 3.05) is 66.6 Å². The predicted molar refractivity (Wildman–Crippen MR) is 101 cm³/mol. The molecule has 140 valence electrons. The van der Waals surface area contributed by atoms with Crippen molar-refractivity contribution in [2.45, 2.75) is 32.7 Å². The first-order valence-corrected chi connectivity index (χ1v) is 9.53. The molecular weight excluding hydrogens is 302 g/mol. The quantitative estimate of drug-likeness (QED) is 0.532. The Morgan fingerprint density at radius 2 is 1.96 bits per heavy atom. The summed E-state index contributed by atoms with van der Waals surface area (Å²) in [6.45, 7) is 12.8. The maximum Gasteiger partial charge on any atom is 0.191 e. The van der Waals surface area contributed by atoms with Crippen LogP contribution in [-0.2, 0) is 4.74 Å². The lowest BCUT2D eigenvalue weighted by molar-refractivity contribution is 0.0132. The minimum absolute atomic E-state index is 0.546. The lowest BCUT2D eigenvalue weighted by atomic mass is 10.0. The van der Waals surface area contributed by atoms with Gasteiger partial charge in [0.2, 0.25) is 0 Å². The minimum Gasteiger partial charge on any atom is -0.379 e. The van der Waals surface area contributed by atoms with Crippen molar-refractivity contribution in [3.8, 4) is 0 Å². The Hall–Kier alpha value is -0.850. The van der Waals surface area contributed by atoms with E-state index in [0.29, 0.717) is 12.0 Å². The number of guanidine groups is 1. The van der Waals surface area contributed by atoms with Gasteiger partial charge in [-0.15, -0.1) is 0 Å². The molecule has 2 atom stereocenters. The van der Waals surface area contributed by atoms with Crippen LogP contribution in [0.3, 0.4) is 0 Å². The van der Waals surface area contributed by atoms with Gasteiger partial charge in [-0.2, -0.15) is 0 Å². The van der Waals surface area contributed by atoms with Crippen molar-refractivity contribution in [2.24, 2.45) is 16.8 Å². The summed E-state index contributed by atoms with van der Waals surface area (Å²) >= 11 is 0.